The lowest BCUT2D eigenvalue weighted by atomic mass is 10.2. The Kier molecular flexibility index (Phi) is 5.86. The minimum Gasteiger partial charge on any atom is -0.492 e. The number of aldehydes is 1. The summed E-state index contributed by atoms with van der Waals surface area (Å²) in [5.41, 5.74) is -0.210. The number of hydrogen-bond acceptors (Lipinski definition) is 6. The van der Waals surface area contributed by atoms with Gasteiger partial charge in [-0.1, -0.05) is 13.8 Å². The van der Waals surface area contributed by atoms with Gasteiger partial charge in [-0.25, -0.2) is 0 Å². The van der Waals surface area contributed by atoms with Crippen molar-refractivity contribution in [1.82, 2.24) is 24.4 Å². The van der Waals surface area contributed by atoms with E-state index >= 15 is 0 Å². The van der Waals surface area contributed by atoms with Gasteiger partial charge in [-0.2, -0.15) is 9.61 Å². The number of aromatic hydroxyl groups is 1. The zero-order valence-corrected chi connectivity index (χ0v) is 18.2. The Morgan fingerprint density at radius 1 is 1.31 bits per heavy atom. The minimum atomic E-state index is -0.619. The van der Waals surface area contributed by atoms with Crippen LogP contribution in [0.5, 0.6) is 5.88 Å². The molecule has 4 rings (SSSR count). The summed E-state index contributed by atoms with van der Waals surface area (Å²) in [5, 5.41) is 17.6. The average molecular weight is 441 g/mol. The van der Waals surface area contributed by atoms with Crippen LogP contribution in [-0.2, 0) is 16.1 Å². The van der Waals surface area contributed by atoms with Gasteiger partial charge in [0.05, 0.1) is 12.2 Å². The number of fused-ring (bicyclic) bond motifs is 1. The molecule has 2 amide bonds. The van der Waals surface area contributed by atoms with E-state index in [1.54, 1.807) is 0 Å². The van der Waals surface area contributed by atoms with Crippen LogP contribution >= 0.6 is 0 Å². The van der Waals surface area contributed by atoms with Gasteiger partial charge >= 0.3 is 0 Å². The van der Waals surface area contributed by atoms with E-state index in [1.807, 2.05) is 13.8 Å². The lowest BCUT2D eigenvalue weighted by Crippen LogP contribution is -2.36. The number of rotatable bonds is 7. The van der Waals surface area contributed by atoms with Crippen LogP contribution in [0.15, 0.2) is 17.1 Å². The average Bonchev–Trinajstić information content (AvgIpc) is 3.26. The first-order chi connectivity index (χ1) is 15.3. The maximum atomic E-state index is 13.2. The van der Waals surface area contributed by atoms with Gasteiger partial charge < -0.3 is 20.1 Å². The van der Waals surface area contributed by atoms with Crippen molar-refractivity contribution in [2.45, 2.75) is 58.2 Å². The molecule has 2 fully saturated rings. The predicted molar refractivity (Wildman–Crippen MR) is 116 cm³/mol. The predicted octanol–water partition coefficient (Wildman–Crippen LogP) is 0.953. The molecule has 1 aliphatic heterocycles. The standard InChI is InChI=1S/C22H27N5O5/c1-13(2)11-26-20-14(5-8-17(29)25-9-3-4-16(25)12-28)10-23-27(20)22(32)18(21(26)31)19(30)24-15-6-7-15/h5,8,10,12-13,15-16,32H,3-4,6-7,9,11H2,1-2H3,(H,24,30)/b8-5+/t16-/m1/s1. The third kappa shape index (κ3) is 4.04. The van der Waals surface area contributed by atoms with Crippen LogP contribution in [0, 0.1) is 5.92 Å². The van der Waals surface area contributed by atoms with Gasteiger partial charge in [0.15, 0.2) is 5.56 Å². The van der Waals surface area contributed by atoms with E-state index in [2.05, 4.69) is 10.4 Å². The summed E-state index contributed by atoms with van der Waals surface area (Å²) >= 11 is 0. The molecule has 0 aromatic carbocycles. The number of carbonyl (C=O) groups excluding carboxylic acids is 3. The molecular formula is C22H27N5O5. The van der Waals surface area contributed by atoms with Crippen molar-refractivity contribution in [2.24, 2.45) is 5.92 Å². The van der Waals surface area contributed by atoms with Crippen molar-refractivity contribution in [3.05, 3.63) is 33.8 Å². The molecule has 3 heterocycles. The second-order valence-electron chi connectivity index (χ2n) is 8.80. The van der Waals surface area contributed by atoms with Crippen LogP contribution < -0.4 is 10.9 Å². The van der Waals surface area contributed by atoms with Crippen LogP contribution in [0.3, 0.4) is 0 Å². The zero-order valence-electron chi connectivity index (χ0n) is 18.2. The minimum absolute atomic E-state index is 0.0263. The van der Waals surface area contributed by atoms with Crippen LogP contribution in [0.4, 0.5) is 0 Å². The van der Waals surface area contributed by atoms with Crippen molar-refractivity contribution in [1.29, 1.82) is 0 Å². The normalized spacial score (nSPS) is 18.7. The summed E-state index contributed by atoms with van der Waals surface area (Å²) in [7, 11) is 0. The van der Waals surface area contributed by atoms with Gasteiger partial charge in [0.25, 0.3) is 11.5 Å². The largest absolute Gasteiger partial charge is 0.492 e. The lowest BCUT2D eigenvalue weighted by molar-refractivity contribution is -0.129. The molecule has 0 unspecified atom stereocenters. The summed E-state index contributed by atoms with van der Waals surface area (Å²) in [5.74, 6) is -1.38. The van der Waals surface area contributed by atoms with E-state index in [-0.39, 0.29) is 23.4 Å². The van der Waals surface area contributed by atoms with E-state index in [0.717, 1.165) is 30.1 Å². The van der Waals surface area contributed by atoms with Crippen LogP contribution in [0.2, 0.25) is 0 Å². The summed E-state index contributed by atoms with van der Waals surface area (Å²) in [6, 6.07) is -0.398. The van der Waals surface area contributed by atoms with Crippen LogP contribution in [-0.4, -0.2) is 60.9 Å². The van der Waals surface area contributed by atoms with Crippen molar-refractivity contribution < 1.29 is 19.5 Å². The van der Waals surface area contributed by atoms with Crippen molar-refractivity contribution in [2.75, 3.05) is 6.54 Å². The fourth-order valence-electron chi connectivity index (χ4n) is 4.01. The molecule has 1 saturated heterocycles. The highest BCUT2D eigenvalue weighted by atomic mass is 16.3. The molecule has 0 bridgehead atoms. The van der Waals surface area contributed by atoms with E-state index in [1.165, 1.54) is 27.8 Å². The molecule has 1 atom stereocenters. The topological polar surface area (TPSA) is 126 Å². The molecular weight excluding hydrogens is 414 g/mol. The third-order valence-corrected chi connectivity index (χ3v) is 5.74. The third-order valence-electron chi connectivity index (χ3n) is 5.74. The molecule has 2 aliphatic rings. The maximum absolute atomic E-state index is 13.2. The molecule has 32 heavy (non-hydrogen) atoms. The summed E-state index contributed by atoms with van der Waals surface area (Å²) in [4.78, 5) is 51.1. The Bertz CT molecular complexity index is 1160. The van der Waals surface area contributed by atoms with E-state index < -0.39 is 23.4 Å². The Hall–Kier alpha value is -3.43. The molecule has 10 nitrogen and oxygen atoms in total. The monoisotopic (exact) mass is 441 g/mol. The van der Waals surface area contributed by atoms with Crippen molar-refractivity contribution in [3.8, 4) is 5.88 Å². The molecule has 0 spiro atoms. The number of nitrogens with one attached hydrogen (secondary N) is 1. The molecule has 0 radical (unpaired) electrons. The smallest absolute Gasteiger partial charge is 0.270 e. The highest BCUT2D eigenvalue weighted by molar-refractivity contribution is 5.97. The Balaban J connectivity index is 1.76. The number of amides is 2. The summed E-state index contributed by atoms with van der Waals surface area (Å²) < 4.78 is 2.56. The lowest BCUT2D eigenvalue weighted by Gasteiger charge is -2.18. The Morgan fingerprint density at radius 3 is 2.72 bits per heavy atom. The summed E-state index contributed by atoms with van der Waals surface area (Å²) in [6.07, 6.45) is 8.18. The highest BCUT2D eigenvalue weighted by Gasteiger charge is 2.30. The van der Waals surface area contributed by atoms with Gasteiger partial charge in [-0.15, -0.1) is 0 Å². The summed E-state index contributed by atoms with van der Waals surface area (Å²) in [6.45, 7) is 4.68. The van der Waals surface area contributed by atoms with Gasteiger partial charge in [0, 0.05) is 30.8 Å². The van der Waals surface area contributed by atoms with Gasteiger partial charge in [-0.3, -0.25) is 19.0 Å². The fourth-order valence-corrected chi connectivity index (χ4v) is 4.01. The fraction of sp³-hybridized carbons (Fsp3) is 0.500. The molecule has 2 aromatic rings. The molecule has 1 saturated carbocycles. The van der Waals surface area contributed by atoms with Crippen LogP contribution in [0.1, 0.15) is 55.5 Å². The SMILES string of the molecule is CC(C)Cn1c(=O)c(C(=O)NC2CC2)c(O)n2ncc(/C=C/C(=O)N3CCC[C@@H]3C=O)c12. The molecule has 2 aromatic heterocycles. The first kappa shape index (κ1) is 21.8. The zero-order chi connectivity index (χ0) is 23.0. The first-order valence-corrected chi connectivity index (χ1v) is 10.9. The van der Waals surface area contributed by atoms with Crippen molar-refractivity contribution >= 4 is 29.8 Å². The second kappa shape index (κ2) is 8.60. The Morgan fingerprint density at radius 2 is 2.06 bits per heavy atom. The number of carbonyl (C=O) groups is 3. The Labute approximate surface area is 184 Å². The van der Waals surface area contributed by atoms with Crippen molar-refractivity contribution in [3.63, 3.8) is 0 Å². The quantitative estimate of drug-likeness (QED) is 0.487. The molecule has 170 valence electrons. The number of aromatic nitrogens is 3. The maximum Gasteiger partial charge on any atom is 0.270 e. The van der Waals surface area contributed by atoms with Gasteiger partial charge in [-0.05, 0) is 37.7 Å². The second-order valence-corrected chi connectivity index (χ2v) is 8.80. The van der Waals surface area contributed by atoms with Gasteiger partial charge in [0.1, 0.15) is 11.9 Å². The molecule has 2 N–H and O–H groups in total. The van der Waals surface area contributed by atoms with Gasteiger partial charge in [0.2, 0.25) is 11.8 Å². The molecule has 1 aliphatic carbocycles. The number of hydrogen-bond donors (Lipinski definition) is 2. The van der Waals surface area contributed by atoms with E-state index in [0.29, 0.717) is 30.7 Å². The number of nitrogens with zero attached hydrogens (tertiary/aromatic N) is 4. The first-order valence-electron chi connectivity index (χ1n) is 10.9. The van der Waals surface area contributed by atoms with E-state index in [4.69, 9.17) is 0 Å². The van der Waals surface area contributed by atoms with E-state index in [9.17, 15) is 24.3 Å². The number of likely N-dealkylation sites (tertiary alicyclic amines) is 1. The van der Waals surface area contributed by atoms with Crippen LogP contribution in [0.25, 0.3) is 11.7 Å². The molecule has 10 heteroatoms. The highest BCUT2D eigenvalue weighted by Crippen LogP contribution is 2.24.